The summed E-state index contributed by atoms with van der Waals surface area (Å²) in [4.78, 5) is 0. The summed E-state index contributed by atoms with van der Waals surface area (Å²) in [5, 5.41) is 12.0. The lowest BCUT2D eigenvalue weighted by Crippen LogP contribution is -2.41. The SMILES string of the molecule is NCC1(c2cccc3ccc(O)cc23)CCC1. The number of rotatable bonds is 2. The van der Waals surface area contributed by atoms with Gasteiger partial charge in [0.05, 0.1) is 0 Å². The van der Waals surface area contributed by atoms with Gasteiger partial charge < -0.3 is 10.8 Å². The minimum Gasteiger partial charge on any atom is -0.508 e. The van der Waals surface area contributed by atoms with Crippen LogP contribution in [0.1, 0.15) is 24.8 Å². The zero-order valence-corrected chi connectivity index (χ0v) is 9.82. The van der Waals surface area contributed by atoms with Crippen molar-refractivity contribution in [1.82, 2.24) is 0 Å². The van der Waals surface area contributed by atoms with Crippen LogP contribution in [0.5, 0.6) is 5.75 Å². The lowest BCUT2D eigenvalue weighted by Gasteiger charge is -2.42. The van der Waals surface area contributed by atoms with Crippen LogP contribution in [0.2, 0.25) is 0 Å². The van der Waals surface area contributed by atoms with Gasteiger partial charge in [-0.3, -0.25) is 0 Å². The highest BCUT2D eigenvalue weighted by Crippen LogP contribution is 2.45. The van der Waals surface area contributed by atoms with Crippen molar-refractivity contribution in [2.24, 2.45) is 5.73 Å². The van der Waals surface area contributed by atoms with Crippen molar-refractivity contribution in [3.63, 3.8) is 0 Å². The van der Waals surface area contributed by atoms with Gasteiger partial charge in [-0.2, -0.15) is 0 Å². The number of hydrogen-bond acceptors (Lipinski definition) is 2. The van der Waals surface area contributed by atoms with Crippen molar-refractivity contribution < 1.29 is 5.11 Å². The molecule has 0 radical (unpaired) electrons. The summed E-state index contributed by atoms with van der Waals surface area (Å²) < 4.78 is 0. The monoisotopic (exact) mass is 227 g/mol. The van der Waals surface area contributed by atoms with Crippen molar-refractivity contribution >= 4 is 10.8 Å². The molecule has 0 bridgehead atoms. The average Bonchev–Trinajstić information content (AvgIpc) is 2.29. The molecule has 2 aromatic rings. The third kappa shape index (κ3) is 1.52. The van der Waals surface area contributed by atoms with E-state index in [1.54, 1.807) is 6.07 Å². The number of phenolic OH excluding ortho intramolecular Hbond substituents is 1. The zero-order chi connectivity index (χ0) is 11.9. The number of phenols is 1. The molecule has 0 aliphatic heterocycles. The highest BCUT2D eigenvalue weighted by Gasteiger charge is 2.38. The van der Waals surface area contributed by atoms with Gasteiger partial charge in [0, 0.05) is 12.0 Å². The van der Waals surface area contributed by atoms with Crippen LogP contribution in [0.15, 0.2) is 36.4 Å². The second-order valence-electron chi connectivity index (χ2n) is 5.05. The largest absolute Gasteiger partial charge is 0.508 e. The summed E-state index contributed by atoms with van der Waals surface area (Å²) in [5.41, 5.74) is 7.42. The van der Waals surface area contributed by atoms with E-state index in [1.165, 1.54) is 17.4 Å². The predicted molar refractivity (Wildman–Crippen MR) is 70.2 cm³/mol. The summed E-state index contributed by atoms with van der Waals surface area (Å²) in [6, 6.07) is 11.9. The second kappa shape index (κ2) is 3.74. The molecule has 0 amide bonds. The van der Waals surface area contributed by atoms with Crippen LogP contribution < -0.4 is 5.73 Å². The summed E-state index contributed by atoms with van der Waals surface area (Å²) in [5.74, 6) is 0.330. The molecular formula is C15H17NO. The molecule has 3 rings (SSSR count). The molecular weight excluding hydrogens is 210 g/mol. The molecule has 17 heavy (non-hydrogen) atoms. The van der Waals surface area contributed by atoms with E-state index in [2.05, 4.69) is 18.2 Å². The highest BCUT2D eigenvalue weighted by atomic mass is 16.3. The molecule has 0 saturated heterocycles. The van der Waals surface area contributed by atoms with E-state index < -0.39 is 0 Å². The van der Waals surface area contributed by atoms with Gasteiger partial charge in [-0.1, -0.05) is 30.7 Å². The smallest absolute Gasteiger partial charge is 0.116 e. The fourth-order valence-corrected chi connectivity index (χ4v) is 2.91. The summed E-state index contributed by atoms with van der Waals surface area (Å²) >= 11 is 0. The van der Waals surface area contributed by atoms with Crippen LogP contribution in [0.25, 0.3) is 10.8 Å². The van der Waals surface area contributed by atoms with Crippen LogP contribution in [0, 0.1) is 0 Å². The van der Waals surface area contributed by atoms with Crippen molar-refractivity contribution in [2.75, 3.05) is 6.54 Å². The van der Waals surface area contributed by atoms with Gasteiger partial charge in [0.25, 0.3) is 0 Å². The van der Waals surface area contributed by atoms with E-state index in [9.17, 15) is 5.11 Å². The maximum absolute atomic E-state index is 9.65. The fraction of sp³-hybridized carbons (Fsp3) is 0.333. The Morgan fingerprint density at radius 3 is 2.65 bits per heavy atom. The first-order valence-corrected chi connectivity index (χ1v) is 6.17. The van der Waals surface area contributed by atoms with E-state index in [-0.39, 0.29) is 5.41 Å². The number of benzene rings is 2. The number of nitrogens with two attached hydrogens (primary N) is 1. The lowest BCUT2D eigenvalue weighted by atomic mass is 9.63. The molecule has 1 aliphatic carbocycles. The van der Waals surface area contributed by atoms with Crippen molar-refractivity contribution in [1.29, 1.82) is 0 Å². The Kier molecular flexibility index (Phi) is 2.33. The Labute approximate surface area is 101 Å². The molecule has 1 fully saturated rings. The molecule has 0 heterocycles. The quantitative estimate of drug-likeness (QED) is 0.828. The van der Waals surface area contributed by atoms with Gasteiger partial charge >= 0.3 is 0 Å². The molecule has 1 aliphatic rings. The molecule has 88 valence electrons. The van der Waals surface area contributed by atoms with Crippen LogP contribution in [-0.4, -0.2) is 11.7 Å². The molecule has 0 aromatic heterocycles. The lowest BCUT2D eigenvalue weighted by molar-refractivity contribution is 0.255. The molecule has 0 atom stereocenters. The number of aromatic hydroxyl groups is 1. The Morgan fingerprint density at radius 2 is 2.00 bits per heavy atom. The summed E-state index contributed by atoms with van der Waals surface area (Å²) in [6.45, 7) is 0.696. The topological polar surface area (TPSA) is 46.2 Å². The molecule has 1 saturated carbocycles. The van der Waals surface area contributed by atoms with Crippen LogP contribution >= 0.6 is 0 Å². The minimum absolute atomic E-state index is 0.146. The highest BCUT2D eigenvalue weighted by molar-refractivity contribution is 5.88. The number of fused-ring (bicyclic) bond motifs is 1. The first-order chi connectivity index (χ1) is 8.25. The molecule has 2 aromatic carbocycles. The van der Waals surface area contributed by atoms with Crippen molar-refractivity contribution in [2.45, 2.75) is 24.7 Å². The molecule has 0 spiro atoms. The van der Waals surface area contributed by atoms with Crippen LogP contribution in [0.4, 0.5) is 0 Å². The van der Waals surface area contributed by atoms with Crippen molar-refractivity contribution in [3.8, 4) is 5.75 Å². The van der Waals surface area contributed by atoms with Crippen LogP contribution in [-0.2, 0) is 5.41 Å². The third-order valence-electron chi connectivity index (χ3n) is 4.14. The van der Waals surface area contributed by atoms with E-state index in [4.69, 9.17) is 5.73 Å². The molecule has 2 nitrogen and oxygen atoms in total. The Balaban J connectivity index is 2.25. The summed E-state index contributed by atoms with van der Waals surface area (Å²) in [6.07, 6.45) is 3.59. The van der Waals surface area contributed by atoms with Gasteiger partial charge in [-0.25, -0.2) is 0 Å². The van der Waals surface area contributed by atoms with Gasteiger partial charge in [-0.15, -0.1) is 0 Å². The predicted octanol–water partition coefficient (Wildman–Crippen LogP) is 2.93. The average molecular weight is 227 g/mol. The van der Waals surface area contributed by atoms with Gasteiger partial charge in [0.1, 0.15) is 5.75 Å². The van der Waals surface area contributed by atoms with Crippen LogP contribution in [0.3, 0.4) is 0 Å². The van der Waals surface area contributed by atoms with Crippen molar-refractivity contribution in [3.05, 3.63) is 42.0 Å². The second-order valence-corrected chi connectivity index (χ2v) is 5.05. The summed E-state index contributed by atoms with van der Waals surface area (Å²) in [7, 11) is 0. The van der Waals surface area contributed by atoms with E-state index in [1.807, 2.05) is 12.1 Å². The third-order valence-corrected chi connectivity index (χ3v) is 4.14. The first kappa shape index (κ1) is 10.6. The van der Waals surface area contributed by atoms with E-state index in [0.717, 1.165) is 18.2 Å². The van der Waals surface area contributed by atoms with Gasteiger partial charge in [0.2, 0.25) is 0 Å². The molecule has 3 N–H and O–H groups in total. The maximum atomic E-state index is 9.65. The standard InChI is InChI=1S/C15H17NO/c16-10-15(7-2-8-15)14-4-1-3-11-5-6-12(17)9-13(11)14/h1,3-6,9,17H,2,7-8,10,16H2. The minimum atomic E-state index is 0.146. The molecule has 0 unspecified atom stereocenters. The van der Waals surface area contributed by atoms with E-state index >= 15 is 0 Å². The van der Waals surface area contributed by atoms with Gasteiger partial charge in [-0.05, 0) is 41.3 Å². The van der Waals surface area contributed by atoms with E-state index in [0.29, 0.717) is 12.3 Å². The Hall–Kier alpha value is -1.54. The number of hydrogen-bond donors (Lipinski definition) is 2. The normalized spacial score (nSPS) is 17.9. The molecule has 2 heteroatoms. The maximum Gasteiger partial charge on any atom is 0.116 e. The zero-order valence-electron chi connectivity index (χ0n) is 9.82. The Morgan fingerprint density at radius 1 is 1.18 bits per heavy atom. The fourth-order valence-electron chi connectivity index (χ4n) is 2.91. The Bertz CT molecular complexity index is 552. The first-order valence-electron chi connectivity index (χ1n) is 6.17. The van der Waals surface area contributed by atoms with Gasteiger partial charge in [0.15, 0.2) is 0 Å².